The average Bonchev–Trinajstić information content (AvgIpc) is 2.21. The SMILES string of the molecule is CSC(CCc1ccccc1)=NN. The van der Waals surface area contributed by atoms with Crippen LogP contribution < -0.4 is 5.84 Å². The summed E-state index contributed by atoms with van der Waals surface area (Å²) in [7, 11) is 0. The summed E-state index contributed by atoms with van der Waals surface area (Å²) in [4.78, 5) is 0. The van der Waals surface area contributed by atoms with E-state index >= 15 is 0 Å². The fourth-order valence-corrected chi connectivity index (χ4v) is 1.53. The first kappa shape index (κ1) is 10.1. The van der Waals surface area contributed by atoms with E-state index in [0.717, 1.165) is 17.9 Å². The van der Waals surface area contributed by atoms with Crippen LogP contribution in [-0.4, -0.2) is 11.3 Å². The van der Waals surface area contributed by atoms with Crippen molar-refractivity contribution in [3.8, 4) is 0 Å². The van der Waals surface area contributed by atoms with Crippen LogP contribution in [0.25, 0.3) is 0 Å². The van der Waals surface area contributed by atoms with Gasteiger partial charge in [-0.1, -0.05) is 30.3 Å². The number of benzene rings is 1. The summed E-state index contributed by atoms with van der Waals surface area (Å²) in [6.45, 7) is 0. The van der Waals surface area contributed by atoms with Gasteiger partial charge in [-0.2, -0.15) is 5.10 Å². The Morgan fingerprint density at radius 2 is 2.08 bits per heavy atom. The summed E-state index contributed by atoms with van der Waals surface area (Å²) in [5, 5.41) is 4.70. The van der Waals surface area contributed by atoms with Crippen molar-refractivity contribution in [3.05, 3.63) is 35.9 Å². The topological polar surface area (TPSA) is 38.4 Å². The van der Waals surface area contributed by atoms with Crippen molar-refractivity contribution in [1.82, 2.24) is 0 Å². The molecule has 0 radical (unpaired) electrons. The second-order valence-electron chi connectivity index (χ2n) is 2.71. The molecule has 0 spiro atoms. The largest absolute Gasteiger partial charge is 0.323 e. The van der Waals surface area contributed by atoms with Gasteiger partial charge >= 0.3 is 0 Å². The molecule has 3 heteroatoms. The molecule has 70 valence electrons. The molecule has 0 saturated carbocycles. The van der Waals surface area contributed by atoms with Crippen molar-refractivity contribution in [3.63, 3.8) is 0 Å². The van der Waals surface area contributed by atoms with Crippen molar-refractivity contribution in [2.45, 2.75) is 12.8 Å². The molecule has 0 aliphatic rings. The van der Waals surface area contributed by atoms with Crippen molar-refractivity contribution in [2.75, 3.05) is 6.26 Å². The molecular formula is C10H14N2S. The maximum absolute atomic E-state index is 5.21. The number of nitrogens with zero attached hydrogens (tertiary/aromatic N) is 1. The zero-order valence-electron chi connectivity index (χ0n) is 7.73. The standard InChI is InChI=1S/C10H14N2S/c1-13-10(12-11)8-7-9-5-3-2-4-6-9/h2-6H,7-8,11H2,1H3. The van der Waals surface area contributed by atoms with Crippen LogP contribution in [0.5, 0.6) is 0 Å². The summed E-state index contributed by atoms with van der Waals surface area (Å²) in [6, 6.07) is 10.4. The Morgan fingerprint density at radius 1 is 1.38 bits per heavy atom. The number of rotatable bonds is 3. The van der Waals surface area contributed by atoms with Gasteiger partial charge < -0.3 is 5.84 Å². The monoisotopic (exact) mass is 194 g/mol. The lowest BCUT2D eigenvalue weighted by Crippen LogP contribution is -1.98. The molecule has 1 aromatic rings. The van der Waals surface area contributed by atoms with Crippen LogP contribution in [0.2, 0.25) is 0 Å². The van der Waals surface area contributed by atoms with Gasteiger partial charge in [0.25, 0.3) is 0 Å². The normalized spacial score (nSPS) is 11.6. The van der Waals surface area contributed by atoms with Crippen molar-refractivity contribution in [2.24, 2.45) is 10.9 Å². The van der Waals surface area contributed by atoms with E-state index in [-0.39, 0.29) is 0 Å². The first-order valence-corrected chi connectivity index (χ1v) is 5.44. The van der Waals surface area contributed by atoms with E-state index in [1.807, 2.05) is 24.5 Å². The van der Waals surface area contributed by atoms with Gasteiger partial charge in [0.15, 0.2) is 0 Å². The van der Waals surface area contributed by atoms with Crippen LogP contribution in [0.1, 0.15) is 12.0 Å². The van der Waals surface area contributed by atoms with Gasteiger partial charge in [-0.15, -0.1) is 11.8 Å². The Balaban J connectivity index is 2.43. The molecule has 0 atom stereocenters. The van der Waals surface area contributed by atoms with Crippen LogP contribution >= 0.6 is 11.8 Å². The lowest BCUT2D eigenvalue weighted by Gasteiger charge is -2.01. The van der Waals surface area contributed by atoms with Crippen LogP contribution in [0, 0.1) is 0 Å². The van der Waals surface area contributed by atoms with Crippen molar-refractivity contribution in [1.29, 1.82) is 0 Å². The molecule has 2 nitrogen and oxygen atoms in total. The molecule has 0 unspecified atom stereocenters. The minimum Gasteiger partial charge on any atom is -0.323 e. The first-order chi connectivity index (χ1) is 6.36. The molecule has 0 aliphatic heterocycles. The molecule has 0 heterocycles. The van der Waals surface area contributed by atoms with Gasteiger partial charge in [-0.05, 0) is 18.2 Å². The van der Waals surface area contributed by atoms with E-state index < -0.39 is 0 Å². The van der Waals surface area contributed by atoms with E-state index in [0.29, 0.717) is 0 Å². The number of hydrogen-bond acceptors (Lipinski definition) is 3. The van der Waals surface area contributed by atoms with E-state index in [4.69, 9.17) is 5.84 Å². The number of thioether (sulfide) groups is 1. The molecule has 0 bridgehead atoms. The van der Waals surface area contributed by atoms with E-state index in [9.17, 15) is 0 Å². The second kappa shape index (κ2) is 5.65. The van der Waals surface area contributed by atoms with Gasteiger partial charge in [0.05, 0.1) is 5.04 Å². The van der Waals surface area contributed by atoms with Crippen molar-refractivity contribution < 1.29 is 0 Å². The molecule has 1 rings (SSSR count). The van der Waals surface area contributed by atoms with Crippen LogP contribution in [0.4, 0.5) is 0 Å². The Hall–Kier alpha value is -0.960. The van der Waals surface area contributed by atoms with Gasteiger partial charge in [-0.25, -0.2) is 0 Å². The summed E-state index contributed by atoms with van der Waals surface area (Å²) in [5.74, 6) is 5.21. The summed E-state index contributed by atoms with van der Waals surface area (Å²) in [5.41, 5.74) is 1.33. The maximum atomic E-state index is 5.21. The number of aryl methyl sites for hydroxylation is 1. The Morgan fingerprint density at radius 3 is 2.62 bits per heavy atom. The molecule has 13 heavy (non-hydrogen) atoms. The van der Waals surface area contributed by atoms with Crippen LogP contribution in [-0.2, 0) is 6.42 Å². The highest BCUT2D eigenvalue weighted by Crippen LogP contribution is 2.08. The molecule has 0 aromatic heterocycles. The Labute approximate surface area is 83.2 Å². The summed E-state index contributed by atoms with van der Waals surface area (Å²) < 4.78 is 0. The molecule has 0 amide bonds. The highest BCUT2D eigenvalue weighted by atomic mass is 32.2. The zero-order chi connectivity index (χ0) is 9.52. The lowest BCUT2D eigenvalue weighted by atomic mass is 10.1. The van der Waals surface area contributed by atoms with Gasteiger partial charge in [0, 0.05) is 6.42 Å². The minimum absolute atomic E-state index is 0.932. The molecule has 0 fully saturated rings. The van der Waals surface area contributed by atoms with E-state index in [1.54, 1.807) is 11.8 Å². The fourth-order valence-electron chi connectivity index (χ4n) is 1.12. The highest BCUT2D eigenvalue weighted by Gasteiger charge is 1.97. The van der Waals surface area contributed by atoms with Crippen LogP contribution in [0.15, 0.2) is 35.4 Å². The van der Waals surface area contributed by atoms with Gasteiger partial charge in [-0.3, -0.25) is 0 Å². The van der Waals surface area contributed by atoms with Crippen molar-refractivity contribution >= 4 is 16.8 Å². The zero-order valence-corrected chi connectivity index (χ0v) is 8.55. The minimum atomic E-state index is 0.932. The molecule has 2 N–H and O–H groups in total. The second-order valence-corrected chi connectivity index (χ2v) is 3.59. The number of nitrogens with two attached hydrogens (primary N) is 1. The maximum Gasteiger partial charge on any atom is 0.0929 e. The molecule has 1 aromatic carbocycles. The van der Waals surface area contributed by atoms with E-state index in [2.05, 4.69) is 17.2 Å². The smallest absolute Gasteiger partial charge is 0.0929 e. The first-order valence-electron chi connectivity index (χ1n) is 4.21. The predicted molar refractivity (Wildman–Crippen MR) is 59.9 cm³/mol. The van der Waals surface area contributed by atoms with Gasteiger partial charge in [0.1, 0.15) is 0 Å². The molecule has 0 aliphatic carbocycles. The Kier molecular flexibility index (Phi) is 4.40. The Bertz CT molecular complexity index is 270. The van der Waals surface area contributed by atoms with E-state index in [1.165, 1.54) is 5.56 Å². The third-order valence-corrected chi connectivity index (χ3v) is 2.63. The third kappa shape index (κ3) is 3.51. The third-order valence-electron chi connectivity index (χ3n) is 1.85. The predicted octanol–water partition coefficient (Wildman–Crippen LogP) is 2.25. The fraction of sp³-hybridized carbons (Fsp3) is 0.300. The summed E-state index contributed by atoms with van der Waals surface area (Å²) in [6.07, 6.45) is 3.94. The average molecular weight is 194 g/mol. The number of hydrazone groups is 1. The molecule has 0 saturated heterocycles. The summed E-state index contributed by atoms with van der Waals surface area (Å²) >= 11 is 1.61. The highest BCUT2D eigenvalue weighted by molar-refractivity contribution is 8.13. The quantitative estimate of drug-likeness (QED) is 0.347. The lowest BCUT2D eigenvalue weighted by molar-refractivity contribution is 1.04. The van der Waals surface area contributed by atoms with Gasteiger partial charge in [0.2, 0.25) is 0 Å². The molecular weight excluding hydrogens is 180 g/mol. The van der Waals surface area contributed by atoms with Crippen LogP contribution in [0.3, 0.4) is 0 Å². The number of hydrogen-bond donors (Lipinski definition) is 1.